The summed E-state index contributed by atoms with van der Waals surface area (Å²) in [7, 11) is -0.314. The highest BCUT2D eigenvalue weighted by Gasteiger charge is 2.52. The quantitative estimate of drug-likeness (QED) is 0.167. The van der Waals surface area contributed by atoms with Crippen LogP contribution in [0.2, 0.25) is 0 Å². The highest BCUT2D eigenvalue weighted by atomic mass is 79.9. The average Bonchev–Trinajstić information content (AvgIpc) is 4.15. The zero-order valence-corrected chi connectivity index (χ0v) is 49.9. The van der Waals surface area contributed by atoms with Crippen LogP contribution in [-0.2, 0) is 18.8 Å². The van der Waals surface area contributed by atoms with Crippen molar-refractivity contribution in [2.75, 3.05) is 88.3 Å². The van der Waals surface area contributed by atoms with Gasteiger partial charge in [-0.05, 0) is 198 Å². The molecular weight excluding hydrogens is 1060 g/mol. The highest BCUT2D eigenvalue weighted by Crippen LogP contribution is 2.40. The SMILES string of the molecule is Brc1cnc2nc(N3CCC(N4CCCCC4)CC3)oc2c1.CC(C)(C)OC(=O)N1CC=C(B2OC(C)(C)C(C)(C)O2)CC1.CC(C)(C)OC(=O)N1CC=C(c2cnc3nc(N4CCC(N5CCCCC5)CC4)oc3c2)CC1. The average molecular weight is 1140 g/mol. The number of likely N-dealkylation sites (tertiary alicyclic amines) is 2. The van der Waals surface area contributed by atoms with Crippen molar-refractivity contribution in [3.63, 3.8) is 0 Å². The normalized spacial score (nSPS) is 22.1. The smallest absolute Gasteiger partial charge is 0.444 e. The molecule has 0 spiro atoms. The van der Waals surface area contributed by atoms with Gasteiger partial charge in [0, 0.05) is 87.4 Å². The van der Waals surface area contributed by atoms with Gasteiger partial charge in [0.1, 0.15) is 11.2 Å². The number of pyridine rings is 2. The van der Waals surface area contributed by atoms with Gasteiger partial charge in [-0.25, -0.2) is 19.6 Å². The van der Waals surface area contributed by atoms with E-state index in [-0.39, 0.29) is 30.5 Å². The number of carbonyl (C=O) groups is 2. The Morgan fingerprint density at radius 3 is 1.49 bits per heavy atom. The maximum Gasteiger partial charge on any atom is 0.490 e. The van der Waals surface area contributed by atoms with Gasteiger partial charge in [0.05, 0.1) is 11.2 Å². The van der Waals surface area contributed by atoms with Gasteiger partial charge in [-0.2, -0.15) is 9.97 Å². The van der Waals surface area contributed by atoms with Crippen molar-refractivity contribution in [2.45, 2.75) is 181 Å². The van der Waals surface area contributed by atoms with Crippen molar-refractivity contribution in [1.29, 1.82) is 0 Å². The van der Waals surface area contributed by atoms with E-state index in [2.05, 4.69) is 61.5 Å². The van der Waals surface area contributed by atoms with Crippen molar-refractivity contribution in [3.05, 3.63) is 52.2 Å². The van der Waals surface area contributed by atoms with E-state index >= 15 is 0 Å². The Kier molecular flexibility index (Phi) is 18.2. The van der Waals surface area contributed by atoms with Crippen molar-refractivity contribution < 1.29 is 37.2 Å². The maximum atomic E-state index is 12.3. The second-order valence-electron chi connectivity index (χ2n) is 25.1. The van der Waals surface area contributed by atoms with Crippen LogP contribution in [-0.4, -0.2) is 172 Å². The third-order valence-corrected chi connectivity index (χ3v) is 16.8. The van der Waals surface area contributed by atoms with E-state index in [9.17, 15) is 9.59 Å². The first-order valence-corrected chi connectivity index (χ1v) is 29.7. The summed E-state index contributed by atoms with van der Waals surface area (Å²) in [5.74, 6) is 0. The Labute approximate surface area is 471 Å². The Morgan fingerprint density at radius 1 is 0.603 bits per heavy atom. The molecule has 11 heterocycles. The fraction of sp³-hybridized carbons (Fsp3) is 0.690. The Hall–Kier alpha value is -4.76. The molecule has 5 saturated heterocycles. The number of anilines is 2. The molecule has 20 heteroatoms. The summed E-state index contributed by atoms with van der Waals surface area (Å²) >= 11 is 3.42. The topological polar surface area (TPSA) is 168 Å². The number of nitrogens with zero attached hydrogens (tertiary/aromatic N) is 10. The lowest BCUT2D eigenvalue weighted by molar-refractivity contribution is 0.00578. The minimum Gasteiger partial charge on any atom is -0.444 e. The second-order valence-corrected chi connectivity index (χ2v) is 26.0. The van der Waals surface area contributed by atoms with Gasteiger partial charge in [0.15, 0.2) is 11.2 Å². The third-order valence-electron chi connectivity index (χ3n) is 16.4. The molecule has 4 aromatic heterocycles. The number of amides is 2. The van der Waals surface area contributed by atoms with Crippen LogP contribution < -0.4 is 9.80 Å². The number of fused-ring (bicyclic) bond motifs is 2. The molecule has 2 amide bonds. The van der Waals surface area contributed by atoms with Gasteiger partial charge in [0.2, 0.25) is 11.3 Å². The van der Waals surface area contributed by atoms with E-state index in [1.807, 2.05) is 93.6 Å². The number of piperidine rings is 4. The van der Waals surface area contributed by atoms with E-state index in [4.69, 9.17) is 27.6 Å². The summed E-state index contributed by atoms with van der Waals surface area (Å²) in [4.78, 5) is 55.8. The fourth-order valence-electron chi connectivity index (χ4n) is 11.3. The van der Waals surface area contributed by atoms with E-state index < -0.39 is 11.2 Å². The summed E-state index contributed by atoms with van der Waals surface area (Å²) < 4.78 is 36.0. The minimum atomic E-state index is -0.483. The summed E-state index contributed by atoms with van der Waals surface area (Å²) in [5.41, 5.74) is 4.52. The molecule has 4 aromatic rings. The molecule has 0 aromatic carbocycles. The zero-order valence-electron chi connectivity index (χ0n) is 48.3. The van der Waals surface area contributed by atoms with Gasteiger partial charge < -0.3 is 57.0 Å². The first-order chi connectivity index (χ1) is 37.1. The standard InChI is InChI=1S/C26H37N5O3.C16H28BNO4.C16H21BrN4O/c1-26(2,3)34-25(32)31-13-7-19(8-14-31)20-17-22-23(27-18-20)28-24(33-22)30-15-9-21(10-16-30)29-11-5-4-6-12-29;1-14(2,3)20-13(19)18-10-8-12(9-11-18)17-21-15(4,5)16(6,7)22-17;17-12-10-14-15(18-11-12)19-16(22-14)21-8-4-13(5-9-21)20-6-2-1-3-7-20/h7,17-18,21H,4-6,8-16H2,1-3H3;8H,9-11H2,1-7H3;10-11,13H,1-9H2. The number of aromatic nitrogens is 4. The van der Waals surface area contributed by atoms with Crippen LogP contribution in [0.15, 0.2) is 55.5 Å². The Bertz CT molecular complexity index is 2720. The molecule has 426 valence electrons. The Balaban J connectivity index is 0.000000148. The van der Waals surface area contributed by atoms with Crippen LogP contribution in [0.5, 0.6) is 0 Å². The van der Waals surface area contributed by atoms with Crippen LogP contribution in [0.4, 0.5) is 21.6 Å². The minimum absolute atomic E-state index is 0.264. The largest absolute Gasteiger partial charge is 0.490 e. The van der Waals surface area contributed by atoms with Crippen LogP contribution in [0.1, 0.15) is 152 Å². The van der Waals surface area contributed by atoms with Crippen molar-refractivity contribution in [1.82, 2.24) is 39.5 Å². The molecule has 11 rings (SSSR count). The van der Waals surface area contributed by atoms with Gasteiger partial charge in [-0.3, -0.25) is 0 Å². The van der Waals surface area contributed by atoms with Crippen LogP contribution in [0, 0.1) is 0 Å². The zero-order chi connectivity index (χ0) is 55.4. The summed E-state index contributed by atoms with van der Waals surface area (Å²) in [6.45, 7) is 30.9. The lowest BCUT2D eigenvalue weighted by Crippen LogP contribution is -2.46. The van der Waals surface area contributed by atoms with E-state index in [1.165, 1.54) is 96.0 Å². The third kappa shape index (κ3) is 14.8. The first-order valence-electron chi connectivity index (χ1n) is 28.9. The van der Waals surface area contributed by atoms with Crippen LogP contribution >= 0.6 is 15.9 Å². The van der Waals surface area contributed by atoms with Gasteiger partial charge in [0.25, 0.3) is 12.0 Å². The fourth-order valence-corrected chi connectivity index (χ4v) is 11.6. The molecule has 0 aliphatic carbocycles. The monoisotopic (exact) mass is 1140 g/mol. The molecular formula is C58H86BBrN10O8. The number of rotatable bonds is 6. The first kappa shape index (κ1) is 57.9. The Morgan fingerprint density at radius 2 is 1.05 bits per heavy atom. The molecule has 0 N–H and O–H groups in total. The van der Waals surface area contributed by atoms with E-state index in [0.717, 1.165) is 77.8 Å². The summed E-state index contributed by atoms with van der Waals surface area (Å²) in [6.07, 6.45) is 21.7. The molecule has 7 aliphatic rings. The predicted octanol–water partition coefficient (Wildman–Crippen LogP) is 11.3. The predicted molar refractivity (Wildman–Crippen MR) is 310 cm³/mol. The number of oxazole rings is 2. The van der Waals surface area contributed by atoms with Crippen LogP contribution in [0.3, 0.4) is 0 Å². The van der Waals surface area contributed by atoms with E-state index in [0.29, 0.717) is 49.5 Å². The van der Waals surface area contributed by atoms with E-state index in [1.54, 1.807) is 16.0 Å². The van der Waals surface area contributed by atoms with Gasteiger partial charge in [-0.15, -0.1) is 0 Å². The number of hydrogen-bond acceptors (Lipinski definition) is 16. The van der Waals surface area contributed by atoms with Crippen molar-refractivity contribution in [2.24, 2.45) is 0 Å². The number of halogens is 1. The summed E-state index contributed by atoms with van der Waals surface area (Å²) in [5, 5.41) is 0. The molecule has 5 fully saturated rings. The number of carbonyl (C=O) groups excluding carboxylic acids is 2. The van der Waals surface area contributed by atoms with Crippen LogP contribution in [0.25, 0.3) is 28.0 Å². The van der Waals surface area contributed by atoms with Gasteiger partial charge >= 0.3 is 19.3 Å². The summed E-state index contributed by atoms with van der Waals surface area (Å²) in [6, 6.07) is 6.81. The molecule has 7 aliphatic heterocycles. The van der Waals surface area contributed by atoms with Crippen molar-refractivity contribution in [3.8, 4) is 0 Å². The lowest BCUT2D eigenvalue weighted by atomic mass is 9.75. The number of hydrogen-bond donors (Lipinski definition) is 0. The molecule has 0 bridgehead atoms. The molecule has 18 nitrogen and oxygen atoms in total. The number of ether oxygens (including phenoxy) is 2. The highest BCUT2D eigenvalue weighted by molar-refractivity contribution is 9.10. The lowest BCUT2D eigenvalue weighted by Gasteiger charge is -2.39. The van der Waals surface area contributed by atoms with Gasteiger partial charge in [-0.1, -0.05) is 25.0 Å². The molecule has 78 heavy (non-hydrogen) atoms. The molecule has 0 atom stereocenters. The second kappa shape index (κ2) is 24.5. The van der Waals surface area contributed by atoms with Crippen molar-refractivity contribution >= 4 is 75.3 Å². The maximum absolute atomic E-state index is 12.3. The molecule has 0 unspecified atom stereocenters. The molecule has 0 radical (unpaired) electrons. The molecule has 0 saturated carbocycles.